The maximum Gasteiger partial charge on any atom is 0.268 e. The maximum absolute atomic E-state index is 12.7. The molecule has 0 saturated heterocycles. The van der Waals surface area contributed by atoms with Gasteiger partial charge < -0.3 is 15.0 Å². The van der Waals surface area contributed by atoms with Gasteiger partial charge in [0.25, 0.3) is 11.8 Å². The van der Waals surface area contributed by atoms with Crippen molar-refractivity contribution in [1.29, 1.82) is 0 Å². The van der Waals surface area contributed by atoms with E-state index in [0.717, 1.165) is 16.7 Å². The smallest absolute Gasteiger partial charge is 0.268 e. The molecule has 1 heterocycles. The van der Waals surface area contributed by atoms with Crippen molar-refractivity contribution in [3.05, 3.63) is 89.0 Å². The minimum absolute atomic E-state index is 0.0849. The topological polar surface area (TPSA) is 58.6 Å². The summed E-state index contributed by atoms with van der Waals surface area (Å²) in [5, 5.41) is 2.92. The lowest BCUT2D eigenvalue weighted by atomic mass is 10.1. The summed E-state index contributed by atoms with van der Waals surface area (Å²) in [6.07, 6.45) is -0.591. The van der Waals surface area contributed by atoms with E-state index in [0.29, 0.717) is 29.2 Å². The predicted octanol–water partition coefficient (Wildman–Crippen LogP) is 4.87. The van der Waals surface area contributed by atoms with Crippen molar-refractivity contribution in [3.63, 3.8) is 0 Å². The second kappa shape index (κ2) is 8.03. The van der Waals surface area contributed by atoms with Gasteiger partial charge in [-0.15, -0.1) is 0 Å². The first-order valence-corrected chi connectivity index (χ1v) is 9.97. The number of aryl methyl sites for hydroxylation is 2. The summed E-state index contributed by atoms with van der Waals surface area (Å²) >= 11 is 0. The number of hydrogen-bond donors (Lipinski definition) is 1. The van der Waals surface area contributed by atoms with E-state index in [-0.39, 0.29) is 11.8 Å². The molecule has 1 aliphatic heterocycles. The highest BCUT2D eigenvalue weighted by Crippen LogP contribution is 2.37. The monoisotopic (exact) mass is 400 g/mol. The number of carbonyl (C=O) groups excluding carboxylic acids is 2. The molecule has 2 amide bonds. The number of anilines is 2. The number of rotatable bonds is 4. The molecule has 0 saturated carbocycles. The first kappa shape index (κ1) is 19.7. The van der Waals surface area contributed by atoms with Gasteiger partial charge in [-0.1, -0.05) is 36.4 Å². The second-order valence-electron chi connectivity index (χ2n) is 7.61. The van der Waals surface area contributed by atoms with Crippen LogP contribution in [0.4, 0.5) is 11.4 Å². The van der Waals surface area contributed by atoms with Crippen molar-refractivity contribution >= 4 is 23.2 Å². The van der Waals surface area contributed by atoms with Gasteiger partial charge in [-0.05, 0) is 61.7 Å². The lowest BCUT2D eigenvalue weighted by Crippen LogP contribution is -2.44. The summed E-state index contributed by atoms with van der Waals surface area (Å²) in [6, 6.07) is 20.9. The summed E-state index contributed by atoms with van der Waals surface area (Å²) in [4.78, 5) is 27.1. The summed E-state index contributed by atoms with van der Waals surface area (Å²) in [6.45, 7) is 6.21. The van der Waals surface area contributed by atoms with Crippen LogP contribution >= 0.6 is 0 Å². The van der Waals surface area contributed by atoms with Crippen molar-refractivity contribution in [3.8, 4) is 5.75 Å². The first-order chi connectivity index (χ1) is 14.4. The van der Waals surface area contributed by atoms with E-state index in [9.17, 15) is 9.59 Å². The van der Waals surface area contributed by atoms with Gasteiger partial charge in [-0.3, -0.25) is 9.59 Å². The van der Waals surface area contributed by atoms with Gasteiger partial charge in [0.05, 0.1) is 12.2 Å². The zero-order valence-electron chi connectivity index (χ0n) is 17.3. The fourth-order valence-electron chi connectivity index (χ4n) is 3.50. The molecule has 5 heteroatoms. The van der Waals surface area contributed by atoms with Crippen molar-refractivity contribution in [1.82, 2.24) is 0 Å². The molecule has 152 valence electrons. The molecule has 1 unspecified atom stereocenters. The van der Waals surface area contributed by atoms with Gasteiger partial charge in [0.2, 0.25) is 0 Å². The lowest BCUT2D eigenvalue weighted by Gasteiger charge is -2.33. The van der Waals surface area contributed by atoms with Crippen LogP contribution in [0.1, 0.15) is 34.0 Å². The Balaban J connectivity index is 1.59. The number of hydrogen-bond acceptors (Lipinski definition) is 3. The molecule has 3 aromatic carbocycles. The zero-order chi connectivity index (χ0) is 21.3. The molecule has 0 spiro atoms. The number of nitrogens with one attached hydrogen (secondary N) is 1. The highest BCUT2D eigenvalue weighted by molar-refractivity contribution is 6.05. The Morgan fingerprint density at radius 3 is 2.50 bits per heavy atom. The highest BCUT2D eigenvalue weighted by Gasteiger charge is 2.31. The van der Waals surface area contributed by atoms with E-state index in [1.807, 2.05) is 68.4 Å². The molecule has 4 rings (SSSR count). The lowest BCUT2D eigenvalue weighted by molar-refractivity contribution is -0.125. The van der Waals surface area contributed by atoms with Crippen LogP contribution in [-0.2, 0) is 11.3 Å². The van der Waals surface area contributed by atoms with Gasteiger partial charge in [-0.2, -0.15) is 0 Å². The van der Waals surface area contributed by atoms with E-state index < -0.39 is 6.10 Å². The first-order valence-electron chi connectivity index (χ1n) is 9.97. The molecule has 1 aliphatic rings. The third-order valence-corrected chi connectivity index (χ3v) is 5.38. The minimum Gasteiger partial charge on any atom is -0.479 e. The quantitative estimate of drug-likeness (QED) is 0.680. The van der Waals surface area contributed by atoms with Crippen LogP contribution in [0.15, 0.2) is 66.7 Å². The average Bonchev–Trinajstić information content (AvgIpc) is 2.74. The maximum atomic E-state index is 12.7. The van der Waals surface area contributed by atoms with E-state index in [1.165, 1.54) is 0 Å². The molecule has 0 bridgehead atoms. The van der Waals surface area contributed by atoms with Crippen LogP contribution in [0.3, 0.4) is 0 Å². The average molecular weight is 400 g/mol. The van der Waals surface area contributed by atoms with Gasteiger partial charge in [0.15, 0.2) is 6.10 Å². The Bertz CT molecular complexity index is 1110. The number of benzene rings is 3. The van der Waals surface area contributed by atoms with Crippen molar-refractivity contribution in [2.45, 2.75) is 33.4 Å². The Morgan fingerprint density at radius 2 is 1.77 bits per heavy atom. The molecule has 1 atom stereocenters. The highest BCUT2D eigenvalue weighted by atomic mass is 16.5. The van der Waals surface area contributed by atoms with Gasteiger partial charge in [0.1, 0.15) is 5.75 Å². The normalized spacial score (nSPS) is 15.4. The van der Waals surface area contributed by atoms with E-state index in [1.54, 1.807) is 24.0 Å². The number of ether oxygens (including phenoxy) is 1. The molecule has 0 radical (unpaired) electrons. The molecule has 5 nitrogen and oxygen atoms in total. The number of fused-ring (bicyclic) bond motifs is 1. The third-order valence-electron chi connectivity index (χ3n) is 5.38. The van der Waals surface area contributed by atoms with Crippen molar-refractivity contribution < 1.29 is 14.3 Å². The minimum atomic E-state index is -0.591. The summed E-state index contributed by atoms with van der Waals surface area (Å²) < 4.78 is 5.83. The largest absolute Gasteiger partial charge is 0.479 e. The molecular weight excluding hydrogens is 376 g/mol. The summed E-state index contributed by atoms with van der Waals surface area (Å²) in [7, 11) is 0. The summed E-state index contributed by atoms with van der Waals surface area (Å²) in [5.74, 6) is 0.313. The predicted molar refractivity (Wildman–Crippen MR) is 118 cm³/mol. The van der Waals surface area contributed by atoms with Crippen molar-refractivity contribution in [2.75, 3.05) is 10.2 Å². The molecule has 1 N–H and O–H groups in total. The van der Waals surface area contributed by atoms with Crippen LogP contribution in [0.5, 0.6) is 5.75 Å². The van der Waals surface area contributed by atoms with Gasteiger partial charge >= 0.3 is 0 Å². The van der Waals surface area contributed by atoms with Crippen LogP contribution in [-0.4, -0.2) is 17.9 Å². The fourth-order valence-corrected chi connectivity index (χ4v) is 3.50. The van der Waals surface area contributed by atoms with Crippen LogP contribution in [0.25, 0.3) is 0 Å². The van der Waals surface area contributed by atoms with Crippen LogP contribution in [0.2, 0.25) is 0 Å². The van der Waals surface area contributed by atoms with Gasteiger partial charge in [-0.25, -0.2) is 0 Å². The Kier molecular flexibility index (Phi) is 5.27. The van der Waals surface area contributed by atoms with E-state index in [2.05, 4.69) is 5.32 Å². The van der Waals surface area contributed by atoms with Crippen LogP contribution < -0.4 is 15.0 Å². The van der Waals surface area contributed by atoms with E-state index >= 15 is 0 Å². The molecule has 30 heavy (non-hydrogen) atoms. The number of nitrogens with zero attached hydrogens (tertiary/aromatic N) is 1. The Labute approximate surface area is 176 Å². The third kappa shape index (κ3) is 3.92. The second-order valence-corrected chi connectivity index (χ2v) is 7.61. The van der Waals surface area contributed by atoms with Gasteiger partial charge in [0, 0.05) is 17.3 Å². The molecule has 0 aliphatic carbocycles. The fraction of sp³-hybridized carbons (Fsp3) is 0.200. The molecule has 0 aromatic heterocycles. The Hall–Kier alpha value is -3.60. The molecule has 3 aromatic rings. The van der Waals surface area contributed by atoms with E-state index in [4.69, 9.17) is 4.74 Å². The Morgan fingerprint density at radius 1 is 1.00 bits per heavy atom. The SMILES string of the molecule is Cc1ccc(C(=O)Nc2ccc3c(c2)OC(C)C(=O)N3Cc2ccccc2)cc1C. The zero-order valence-corrected chi connectivity index (χ0v) is 17.3. The number of carbonyl (C=O) groups is 2. The van der Waals surface area contributed by atoms with Crippen molar-refractivity contribution in [2.24, 2.45) is 0 Å². The summed E-state index contributed by atoms with van der Waals surface area (Å²) in [5.41, 5.74) is 5.18. The molecular formula is C25H24N2O3. The molecule has 0 fully saturated rings. The standard InChI is InChI=1S/C25H24N2O3/c1-16-9-10-20(13-17(16)2)24(28)26-21-11-12-22-23(14-21)30-18(3)25(29)27(22)15-19-7-5-4-6-8-19/h4-14,18H,15H2,1-3H3,(H,26,28). The number of amides is 2. The van der Waals surface area contributed by atoms with Crippen LogP contribution in [0, 0.1) is 13.8 Å².